The zero-order chi connectivity index (χ0) is 16.7. The van der Waals surface area contributed by atoms with E-state index in [2.05, 4.69) is 20.2 Å². The van der Waals surface area contributed by atoms with Gasteiger partial charge in [0.1, 0.15) is 16.5 Å². The van der Waals surface area contributed by atoms with Crippen molar-refractivity contribution >= 4 is 21.6 Å². The van der Waals surface area contributed by atoms with Crippen LogP contribution in [0.15, 0.2) is 41.5 Å². The maximum atomic E-state index is 13.2. The summed E-state index contributed by atoms with van der Waals surface area (Å²) in [7, 11) is 0. The molecule has 4 aromatic rings. The number of benzene rings is 1. The van der Waals surface area contributed by atoms with Crippen molar-refractivity contribution < 1.29 is 4.39 Å². The highest BCUT2D eigenvalue weighted by molar-refractivity contribution is 7.19. The molecule has 1 aromatic carbocycles. The normalized spacial score (nSPS) is 11.2. The van der Waals surface area contributed by atoms with Gasteiger partial charge < -0.3 is 4.98 Å². The molecule has 5 nitrogen and oxygen atoms in total. The Kier molecular flexibility index (Phi) is 3.50. The van der Waals surface area contributed by atoms with Gasteiger partial charge in [-0.1, -0.05) is 12.1 Å². The lowest BCUT2D eigenvalue weighted by Crippen LogP contribution is -2.11. The first kappa shape index (κ1) is 14.8. The molecule has 0 spiro atoms. The second kappa shape index (κ2) is 5.68. The molecule has 0 saturated heterocycles. The molecular formula is C17H13FN4OS. The van der Waals surface area contributed by atoms with Crippen LogP contribution < -0.4 is 5.56 Å². The number of H-pyrrole nitrogens is 2. The first-order valence-corrected chi connectivity index (χ1v) is 8.19. The standard InChI is InChI=1S/C17H13FN4OS/c1-9-14(11-2-4-12(18)5-3-11)15-16(23)21-13(22-17(15)24-9)6-10-7-19-20-8-10/h2-5,7-8H,6H2,1H3,(H,19,20)(H,21,22,23). The highest BCUT2D eigenvalue weighted by Crippen LogP contribution is 2.35. The van der Waals surface area contributed by atoms with Crippen molar-refractivity contribution in [1.82, 2.24) is 20.2 Å². The summed E-state index contributed by atoms with van der Waals surface area (Å²) in [5.41, 5.74) is 2.40. The third-order valence-electron chi connectivity index (χ3n) is 3.85. The molecule has 0 amide bonds. The van der Waals surface area contributed by atoms with Crippen LogP contribution in [-0.2, 0) is 6.42 Å². The lowest BCUT2D eigenvalue weighted by atomic mass is 10.0. The molecule has 0 atom stereocenters. The van der Waals surface area contributed by atoms with Gasteiger partial charge in [-0.15, -0.1) is 11.3 Å². The monoisotopic (exact) mass is 340 g/mol. The summed E-state index contributed by atoms with van der Waals surface area (Å²) in [4.78, 5) is 21.7. The topological polar surface area (TPSA) is 74.4 Å². The van der Waals surface area contributed by atoms with E-state index in [-0.39, 0.29) is 11.4 Å². The minimum absolute atomic E-state index is 0.179. The minimum Gasteiger partial charge on any atom is -0.310 e. The molecule has 0 aliphatic heterocycles. The van der Waals surface area contributed by atoms with Gasteiger partial charge in [-0.3, -0.25) is 9.89 Å². The van der Waals surface area contributed by atoms with Gasteiger partial charge >= 0.3 is 0 Å². The Hall–Kier alpha value is -2.80. The Labute approximate surface area is 140 Å². The second-order valence-corrected chi connectivity index (χ2v) is 6.72. The van der Waals surface area contributed by atoms with Crippen molar-refractivity contribution in [2.75, 3.05) is 0 Å². The van der Waals surface area contributed by atoms with Crippen LogP contribution in [0, 0.1) is 12.7 Å². The maximum absolute atomic E-state index is 13.2. The van der Waals surface area contributed by atoms with Crippen LogP contribution in [0.3, 0.4) is 0 Å². The van der Waals surface area contributed by atoms with Crippen molar-refractivity contribution in [1.29, 1.82) is 0 Å². The maximum Gasteiger partial charge on any atom is 0.260 e. The number of hydrogen-bond acceptors (Lipinski definition) is 4. The van der Waals surface area contributed by atoms with Gasteiger partial charge in [-0.25, -0.2) is 9.37 Å². The molecule has 3 heterocycles. The molecule has 0 fully saturated rings. The number of fused-ring (bicyclic) bond motifs is 1. The Morgan fingerprint density at radius 1 is 1.25 bits per heavy atom. The van der Waals surface area contributed by atoms with Crippen LogP contribution in [0.5, 0.6) is 0 Å². The summed E-state index contributed by atoms with van der Waals surface area (Å²) in [5.74, 6) is 0.297. The van der Waals surface area contributed by atoms with Gasteiger partial charge in [0.25, 0.3) is 5.56 Å². The van der Waals surface area contributed by atoms with Crippen molar-refractivity contribution in [3.05, 3.63) is 69.1 Å². The molecule has 0 unspecified atom stereocenters. The van der Waals surface area contributed by atoms with Gasteiger partial charge in [0.15, 0.2) is 0 Å². The van der Waals surface area contributed by atoms with E-state index in [0.29, 0.717) is 22.5 Å². The number of nitrogens with one attached hydrogen (secondary N) is 2. The Morgan fingerprint density at radius 2 is 2.04 bits per heavy atom. The van der Waals surface area contributed by atoms with Gasteiger partial charge in [0, 0.05) is 23.1 Å². The lowest BCUT2D eigenvalue weighted by Gasteiger charge is -2.02. The van der Waals surface area contributed by atoms with Gasteiger partial charge in [0.2, 0.25) is 0 Å². The fourth-order valence-corrected chi connectivity index (χ4v) is 3.84. The van der Waals surface area contributed by atoms with E-state index in [1.54, 1.807) is 24.5 Å². The van der Waals surface area contributed by atoms with Crippen LogP contribution in [0.4, 0.5) is 4.39 Å². The van der Waals surface area contributed by atoms with Crippen LogP contribution in [0.25, 0.3) is 21.3 Å². The molecule has 3 aromatic heterocycles. The van der Waals surface area contributed by atoms with Crippen LogP contribution >= 0.6 is 11.3 Å². The Morgan fingerprint density at radius 3 is 2.75 bits per heavy atom. The summed E-state index contributed by atoms with van der Waals surface area (Å²) >= 11 is 1.47. The largest absolute Gasteiger partial charge is 0.310 e. The molecule has 24 heavy (non-hydrogen) atoms. The van der Waals surface area contributed by atoms with E-state index < -0.39 is 0 Å². The molecule has 0 saturated carbocycles. The number of aryl methyl sites for hydroxylation is 1. The number of nitrogens with zero attached hydrogens (tertiary/aromatic N) is 2. The molecule has 0 aliphatic carbocycles. The molecular weight excluding hydrogens is 327 g/mol. The summed E-state index contributed by atoms with van der Waals surface area (Å²) in [6.45, 7) is 1.94. The summed E-state index contributed by atoms with van der Waals surface area (Å²) in [6, 6.07) is 6.16. The van der Waals surface area contributed by atoms with Crippen molar-refractivity contribution in [3.63, 3.8) is 0 Å². The SMILES string of the molecule is Cc1sc2nc(Cc3cn[nH]c3)[nH]c(=O)c2c1-c1ccc(F)cc1. The number of halogens is 1. The number of aromatic amines is 2. The molecule has 0 bridgehead atoms. The minimum atomic E-state index is -0.301. The zero-order valence-corrected chi connectivity index (χ0v) is 13.6. The summed E-state index contributed by atoms with van der Waals surface area (Å²) < 4.78 is 13.2. The average Bonchev–Trinajstić information content (AvgIpc) is 3.16. The summed E-state index contributed by atoms with van der Waals surface area (Å²) in [5, 5.41) is 7.19. The zero-order valence-electron chi connectivity index (χ0n) is 12.8. The van der Waals surface area contributed by atoms with Gasteiger partial charge in [-0.2, -0.15) is 5.10 Å². The second-order valence-electron chi connectivity index (χ2n) is 5.52. The first-order chi connectivity index (χ1) is 11.6. The highest BCUT2D eigenvalue weighted by atomic mass is 32.1. The van der Waals surface area contributed by atoms with E-state index in [4.69, 9.17) is 0 Å². The lowest BCUT2D eigenvalue weighted by molar-refractivity contribution is 0.628. The fraction of sp³-hybridized carbons (Fsp3) is 0.118. The predicted octanol–water partition coefficient (Wildman–Crippen LogP) is 3.41. The number of rotatable bonds is 3. The van der Waals surface area contributed by atoms with Crippen LogP contribution in [0.2, 0.25) is 0 Å². The van der Waals surface area contributed by atoms with Gasteiger partial charge in [-0.05, 0) is 30.2 Å². The third-order valence-corrected chi connectivity index (χ3v) is 4.85. The molecule has 4 rings (SSSR count). The number of thiophene rings is 1. The smallest absolute Gasteiger partial charge is 0.260 e. The first-order valence-electron chi connectivity index (χ1n) is 7.37. The quantitative estimate of drug-likeness (QED) is 0.600. The number of hydrogen-bond donors (Lipinski definition) is 2. The van der Waals surface area contributed by atoms with E-state index in [1.807, 2.05) is 6.92 Å². The Bertz CT molecular complexity index is 1060. The molecule has 0 radical (unpaired) electrons. The fourth-order valence-electron chi connectivity index (χ4n) is 2.78. The molecule has 7 heteroatoms. The molecule has 2 N–H and O–H groups in total. The van der Waals surface area contributed by atoms with Crippen LogP contribution in [-0.4, -0.2) is 20.2 Å². The highest BCUT2D eigenvalue weighted by Gasteiger charge is 2.16. The third kappa shape index (κ3) is 2.52. The van der Waals surface area contributed by atoms with Crippen molar-refractivity contribution in [2.24, 2.45) is 0 Å². The van der Waals surface area contributed by atoms with Crippen molar-refractivity contribution in [3.8, 4) is 11.1 Å². The van der Waals surface area contributed by atoms with E-state index in [9.17, 15) is 9.18 Å². The van der Waals surface area contributed by atoms with Crippen molar-refractivity contribution in [2.45, 2.75) is 13.3 Å². The van der Waals surface area contributed by atoms with Crippen LogP contribution in [0.1, 0.15) is 16.3 Å². The van der Waals surface area contributed by atoms with Gasteiger partial charge in [0.05, 0.1) is 11.6 Å². The number of aromatic nitrogens is 4. The molecule has 0 aliphatic rings. The van der Waals surface area contributed by atoms with E-state index >= 15 is 0 Å². The summed E-state index contributed by atoms with van der Waals surface area (Å²) in [6.07, 6.45) is 3.98. The van der Waals surface area contributed by atoms with E-state index in [0.717, 1.165) is 21.6 Å². The average molecular weight is 340 g/mol. The Balaban J connectivity index is 1.86. The predicted molar refractivity (Wildman–Crippen MR) is 91.8 cm³/mol. The molecule has 120 valence electrons. The van der Waals surface area contributed by atoms with E-state index in [1.165, 1.54) is 23.5 Å².